The number of nitrogens with one attached hydrogen (secondary N) is 1. The third-order valence-corrected chi connectivity index (χ3v) is 4.75. The van der Waals surface area contributed by atoms with Gasteiger partial charge in [-0.25, -0.2) is 0 Å². The maximum Gasteiger partial charge on any atom is 0.0412 e. The summed E-state index contributed by atoms with van der Waals surface area (Å²) in [5.41, 5.74) is 2.85. The third kappa shape index (κ3) is 3.76. The predicted molar refractivity (Wildman–Crippen MR) is 88.9 cm³/mol. The number of para-hydroxylation sites is 1. The van der Waals surface area contributed by atoms with Crippen molar-refractivity contribution in [2.24, 2.45) is 0 Å². The molecule has 0 aromatic heterocycles. The zero-order chi connectivity index (χ0) is 14.7. The van der Waals surface area contributed by atoms with Crippen LogP contribution in [0.1, 0.15) is 12.5 Å². The molecule has 0 saturated carbocycles. The van der Waals surface area contributed by atoms with E-state index in [1.54, 1.807) is 0 Å². The predicted octanol–water partition coefficient (Wildman–Crippen LogP) is 1.23. The van der Waals surface area contributed by atoms with Gasteiger partial charge in [0.25, 0.3) is 0 Å². The average Bonchev–Trinajstić information content (AvgIpc) is 2.66. The molecule has 0 spiro atoms. The zero-order valence-electron chi connectivity index (χ0n) is 13.4. The summed E-state index contributed by atoms with van der Waals surface area (Å²) in [7, 11) is 2.22. The van der Waals surface area contributed by atoms with Gasteiger partial charge in [0.1, 0.15) is 0 Å². The second kappa shape index (κ2) is 6.77. The van der Waals surface area contributed by atoms with E-state index in [-0.39, 0.29) is 0 Å². The van der Waals surface area contributed by atoms with Crippen LogP contribution in [0.4, 0.5) is 5.69 Å². The molecule has 4 nitrogen and oxygen atoms in total. The number of hydrogen-bond donors (Lipinski definition) is 1. The molecule has 1 aromatic carbocycles. The molecule has 4 heteroatoms. The second-order valence-electron chi connectivity index (χ2n) is 6.50. The van der Waals surface area contributed by atoms with Crippen LogP contribution in [-0.4, -0.2) is 68.7 Å². The quantitative estimate of drug-likeness (QED) is 0.903. The third-order valence-electron chi connectivity index (χ3n) is 4.75. The summed E-state index contributed by atoms with van der Waals surface area (Å²) in [6, 6.07) is 9.39. The molecule has 2 aliphatic rings. The molecule has 0 radical (unpaired) electrons. The average molecular weight is 288 g/mol. The largest absolute Gasteiger partial charge is 0.368 e. The summed E-state index contributed by atoms with van der Waals surface area (Å²) in [6.07, 6.45) is 0. The van der Waals surface area contributed by atoms with Crippen LogP contribution in [0.5, 0.6) is 0 Å². The first-order valence-electron chi connectivity index (χ1n) is 8.19. The topological polar surface area (TPSA) is 21.8 Å². The number of piperazine rings is 1. The Labute approximate surface area is 128 Å². The highest BCUT2D eigenvalue weighted by atomic mass is 15.3. The summed E-state index contributed by atoms with van der Waals surface area (Å²) < 4.78 is 0. The molecular formula is C17H28N4. The Bertz CT molecular complexity index is 454. The van der Waals surface area contributed by atoms with Crippen LogP contribution in [0, 0.1) is 0 Å². The van der Waals surface area contributed by atoms with E-state index in [0.717, 1.165) is 19.6 Å². The van der Waals surface area contributed by atoms with Crippen molar-refractivity contribution in [3.63, 3.8) is 0 Å². The van der Waals surface area contributed by atoms with Gasteiger partial charge < -0.3 is 15.1 Å². The van der Waals surface area contributed by atoms with Gasteiger partial charge in [0.05, 0.1) is 0 Å². The lowest BCUT2D eigenvalue weighted by Gasteiger charge is -2.35. The Hall–Kier alpha value is -1.10. The molecule has 1 aromatic rings. The van der Waals surface area contributed by atoms with Crippen LogP contribution in [0.15, 0.2) is 24.3 Å². The highest BCUT2D eigenvalue weighted by Crippen LogP contribution is 2.23. The van der Waals surface area contributed by atoms with Gasteiger partial charge in [-0.05, 0) is 25.6 Å². The number of rotatable bonds is 3. The summed E-state index contributed by atoms with van der Waals surface area (Å²) in [4.78, 5) is 7.59. The Morgan fingerprint density at radius 2 is 1.86 bits per heavy atom. The van der Waals surface area contributed by atoms with Crippen LogP contribution in [0.2, 0.25) is 0 Å². The van der Waals surface area contributed by atoms with Crippen LogP contribution in [0.3, 0.4) is 0 Å². The summed E-state index contributed by atoms with van der Waals surface area (Å²) in [5, 5.41) is 3.61. The fraction of sp³-hybridized carbons (Fsp3) is 0.647. The van der Waals surface area contributed by atoms with Crippen LogP contribution >= 0.6 is 0 Å². The lowest BCUT2D eigenvalue weighted by molar-refractivity contribution is 0.156. The molecule has 1 unspecified atom stereocenters. The van der Waals surface area contributed by atoms with E-state index >= 15 is 0 Å². The fourth-order valence-corrected chi connectivity index (χ4v) is 3.29. The van der Waals surface area contributed by atoms with E-state index in [2.05, 4.69) is 58.3 Å². The Balaban J connectivity index is 1.63. The molecule has 0 aliphatic carbocycles. The zero-order valence-corrected chi connectivity index (χ0v) is 13.4. The van der Waals surface area contributed by atoms with E-state index < -0.39 is 0 Å². The Kier molecular flexibility index (Phi) is 4.78. The van der Waals surface area contributed by atoms with Gasteiger partial charge in [-0.2, -0.15) is 0 Å². The first-order chi connectivity index (χ1) is 10.2. The lowest BCUT2D eigenvalue weighted by atomic mass is 10.1. The molecule has 0 bridgehead atoms. The summed E-state index contributed by atoms with van der Waals surface area (Å²) >= 11 is 0. The maximum absolute atomic E-state index is 3.61. The Morgan fingerprint density at radius 3 is 2.67 bits per heavy atom. The van der Waals surface area contributed by atoms with Gasteiger partial charge in [0.15, 0.2) is 0 Å². The van der Waals surface area contributed by atoms with Crippen molar-refractivity contribution in [2.75, 3.05) is 57.8 Å². The molecule has 2 aliphatic heterocycles. The first-order valence-corrected chi connectivity index (χ1v) is 8.19. The van der Waals surface area contributed by atoms with Crippen molar-refractivity contribution in [1.82, 2.24) is 15.1 Å². The molecule has 1 saturated heterocycles. The molecular weight excluding hydrogens is 260 g/mol. The van der Waals surface area contributed by atoms with Crippen LogP contribution < -0.4 is 10.2 Å². The minimum absolute atomic E-state index is 0.546. The van der Waals surface area contributed by atoms with Crippen molar-refractivity contribution in [2.45, 2.75) is 19.5 Å². The van der Waals surface area contributed by atoms with Gasteiger partial charge in [-0.1, -0.05) is 18.2 Å². The highest BCUT2D eigenvalue weighted by molar-refractivity contribution is 5.54. The molecule has 1 atom stereocenters. The minimum atomic E-state index is 0.546. The van der Waals surface area contributed by atoms with E-state index in [0.29, 0.717) is 6.04 Å². The molecule has 0 amide bonds. The molecule has 21 heavy (non-hydrogen) atoms. The van der Waals surface area contributed by atoms with Gasteiger partial charge in [0, 0.05) is 64.1 Å². The van der Waals surface area contributed by atoms with E-state index in [4.69, 9.17) is 0 Å². The summed E-state index contributed by atoms with van der Waals surface area (Å²) in [6.45, 7) is 11.5. The second-order valence-corrected chi connectivity index (χ2v) is 6.50. The van der Waals surface area contributed by atoms with Crippen LogP contribution in [0.25, 0.3) is 0 Å². The van der Waals surface area contributed by atoms with Gasteiger partial charge in [-0.3, -0.25) is 4.90 Å². The van der Waals surface area contributed by atoms with E-state index in [1.165, 1.54) is 44.0 Å². The highest BCUT2D eigenvalue weighted by Gasteiger charge is 2.20. The van der Waals surface area contributed by atoms with Gasteiger partial charge in [0.2, 0.25) is 0 Å². The van der Waals surface area contributed by atoms with Crippen molar-refractivity contribution < 1.29 is 0 Å². The SMILES string of the molecule is CC1CN(CCN2CCN(C)CC2)c2ccccc2CN1. The van der Waals surface area contributed by atoms with E-state index in [1.807, 2.05) is 0 Å². The molecule has 1 fully saturated rings. The van der Waals surface area contributed by atoms with Gasteiger partial charge in [-0.15, -0.1) is 0 Å². The number of fused-ring (bicyclic) bond motifs is 1. The first kappa shape index (κ1) is 14.8. The van der Waals surface area contributed by atoms with Crippen molar-refractivity contribution in [1.29, 1.82) is 0 Å². The Morgan fingerprint density at radius 1 is 1.10 bits per heavy atom. The standard InChI is InChI=1S/C17H28N4/c1-15-14-21(12-11-20-9-7-19(2)8-10-20)17-6-4-3-5-16(17)13-18-15/h3-6,15,18H,7-14H2,1-2H3. The fourth-order valence-electron chi connectivity index (χ4n) is 3.29. The molecule has 3 rings (SSSR count). The molecule has 116 valence electrons. The smallest absolute Gasteiger partial charge is 0.0412 e. The molecule has 2 heterocycles. The minimum Gasteiger partial charge on any atom is -0.368 e. The number of hydrogen-bond acceptors (Lipinski definition) is 4. The van der Waals surface area contributed by atoms with E-state index in [9.17, 15) is 0 Å². The number of anilines is 1. The van der Waals surface area contributed by atoms with Gasteiger partial charge >= 0.3 is 0 Å². The number of nitrogens with zero attached hydrogens (tertiary/aromatic N) is 3. The maximum atomic E-state index is 3.61. The van der Waals surface area contributed by atoms with Crippen molar-refractivity contribution in [3.8, 4) is 0 Å². The number of likely N-dealkylation sites (N-methyl/N-ethyl adjacent to an activating group) is 1. The number of benzene rings is 1. The lowest BCUT2D eigenvalue weighted by Crippen LogP contribution is -2.47. The van der Waals surface area contributed by atoms with Crippen LogP contribution in [-0.2, 0) is 6.54 Å². The van der Waals surface area contributed by atoms with Crippen molar-refractivity contribution >= 4 is 5.69 Å². The monoisotopic (exact) mass is 288 g/mol. The summed E-state index contributed by atoms with van der Waals surface area (Å²) in [5.74, 6) is 0. The van der Waals surface area contributed by atoms with Crippen molar-refractivity contribution in [3.05, 3.63) is 29.8 Å². The normalized spacial score (nSPS) is 24.7. The molecule has 1 N–H and O–H groups in total.